The Bertz CT molecular complexity index is 3030. The van der Waals surface area contributed by atoms with Gasteiger partial charge in [0.15, 0.2) is 15.7 Å². The van der Waals surface area contributed by atoms with E-state index in [1.165, 1.54) is 11.8 Å². The van der Waals surface area contributed by atoms with Crippen LogP contribution in [0.3, 0.4) is 0 Å². The largest absolute Gasteiger partial charge is 0.491 e. The molecule has 3 aromatic carbocycles. The number of piperidine rings is 1. The summed E-state index contributed by atoms with van der Waals surface area (Å²) < 4.78 is 50.2. The summed E-state index contributed by atoms with van der Waals surface area (Å²) in [5.41, 5.74) is 6.86. The van der Waals surface area contributed by atoms with Gasteiger partial charge in [-0.15, -0.1) is 0 Å². The van der Waals surface area contributed by atoms with Crippen LogP contribution in [0.1, 0.15) is 95.2 Å². The Balaban J connectivity index is 0.776. The quantitative estimate of drug-likeness (QED) is 0.0430. The van der Waals surface area contributed by atoms with Gasteiger partial charge in [-0.25, -0.2) is 13.4 Å². The lowest BCUT2D eigenvalue weighted by atomic mass is 9.86. The lowest BCUT2D eigenvalue weighted by molar-refractivity contribution is -0.123. The lowest BCUT2D eigenvalue weighted by Gasteiger charge is -2.39. The van der Waals surface area contributed by atoms with Crippen molar-refractivity contribution in [2.45, 2.75) is 114 Å². The first-order chi connectivity index (χ1) is 37.8. The predicted octanol–water partition coefficient (Wildman–Crippen LogP) is 8.20. The van der Waals surface area contributed by atoms with Crippen LogP contribution in [-0.4, -0.2) is 154 Å². The van der Waals surface area contributed by atoms with Crippen molar-refractivity contribution >= 4 is 62.1 Å². The standard InChI is InChI=1S/C59H79ClN10O8S/c1-38(2)78-52-29-46(40(5)26-49(52)66-58-64-32-47(60)57(67-58)65-48-15-11-13-17-53(48)79(73,74)39(3)4)43-18-21-68(22-19-43)34-54(71)61-20-23-76-24-25-77-51-16-12-10-14-44(51)27-42-28-50-56(63-30-42)59(7,8)37-70(50)55(72)35-69-33-41(6)62-31-45(69)36-75-9/h10-17,26,28-30,32,38-39,41,43,45,62H,18-25,27,31,33-37H2,1-9H3,(H,61,71)(H2,64,65,66,67)/t41-,45-/m1/s1. The molecule has 2 atom stereocenters. The molecule has 4 N–H and O–H groups in total. The first-order valence-electron chi connectivity index (χ1n) is 27.5. The highest BCUT2D eigenvalue weighted by atomic mass is 35.5. The molecule has 426 valence electrons. The Labute approximate surface area is 471 Å². The van der Waals surface area contributed by atoms with Crippen LogP contribution < -0.4 is 35.6 Å². The number of hydrogen-bond acceptors (Lipinski definition) is 16. The van der Waals surface area contributed by atoms with E-state index in [0.717, 1.165) is 72.8 Å². The molecule has 8 rings (SSSR count). The minimum Gasteiger partial charge on any atom is -0.491 e. The van der Waals surface area contributed by atoms with E-state index in [2.05, 4.69) is 86.9 Å². The zero-order valence-electron chi connectivity index (χ0n) is 47.2. The first kappa shape index (κ1) is 59.2. The van der Waals surface area contributed by atoms with Crippen LogP contribution in [0.15, 0.2) is 84.0 Å². The number of likely N-dealkylation sites (tertiary alicyclic amines) is 1. The van der Waals surface area contributed by atoms with E-state index in [0.29, 0.717) is 82.2 Å². The molecule has 0 radical (unpaired) electrons. The number of nitrogens with one attached hydrogen (secondary N) is 4. The number of aryl methyl sites for hydroxylation is 1. The number of fused-ring (bicyclic) bond motifs is 1. The van der Waals surface area contributed by atoms with Crippen LogP contribution >= 0.6 is 11.6 Å². The number of para-hydroxylation sites is 2. The molecule has 2 saturated heterocycles. The summed E-state index contributed by atoms with van der Waals surface area (Å²) in [5, 5.41) is 12.6. The van der Waals surface area contributed by atoms with Crippen molar-refractivity contribution in [1.82, 2.24) is 35.4 Å². The number of benzene rings is 3. The maximum absolute atomic E-state index is 14.0. The van der Waals surface area contributed by atoms with Gasteiger partial charge in [0.2, 0.25) is 17.8 Å². The van der Waals surface area contributed by atoms with Crippen molar-refractivity contribution in [1.29, 1.82) is 0 Å². The van der Waals surface area contributed by atoms with Gasteiger partial charge >= 0.3 is 0 Å². The van der Waals surface area contributed by atoms with E-state index >= 15 is 0 Å². The van der Waals surface area contributed by atoms with Crippen molar-refractivity contribution < 1.29 is 37.0 Å². The van der Waals surface area contributed by atoms with Crippen LogP contribution in [-0.2, 0) is 40.7 Å². The zero-order chi connectivity index (χ0) is 56.4. The van der Waals surface area contributed by atoms with Gasteiger partial charge in [-0.2, -0.15) is 4.98 Å². The molecule has 20 heteroatoms. The Morgan fingerprint density at radius 2 is 1.67 bits per heavy atom. The highest BCUT2D eigenvalue weighted by molar-refractivity contribution is 7.92. The number of pyridine rings is 1. The summed E-state index contributed by atoms with van der Waals surface area (Å²) in [6, 6.07) is 21.3. The number of carbonyl (C=O) groups is 2. The number of carbonyl (C=O) groups excluding carboxylic acids is 2. The summed E-state index contributed by atoms with van der Waals surface area (Å²) in [4.78, 5) is 47.5. The van der Waals surface area contributed by atoms with Crippen molar-refractivity contribution in [3.8, 4) is 11.5 Å². The third-order valence-corrected chi connectivity index (χ3v) is 17.2. The number of piperazine rings is 1. The number of anilines is 5. The Hall–Kier alpha value is -5.93. The second-order valence-corrected chi connectivity index (χ2v) is 25.1. The molecule has 18 nitrogen and oxygen atoms in total. The van der Waals surface area contributed by atoms with Gasteiger partial charge in [0.25, 0.3) is 0 Å². The van der Waals surface area contributed by atoms with Gasteiger partial charge < -0.3 is 45.1 Å². The molecule has 3 aliphatic rings. The molecule has 2 fully saturated rings. The third-order valence-electron chi connectivity index (χ3n) is 14.7. The summed E-state index contributed by atoms with van der Waals surface area (Å²) in [5.74, 6) is 2.23. The molecule has 79 heavy (non-hydrogen) atoms. The van der Waals surface area contributed by atoms with Crippen molar-refractivity contribution in [2.75, 3.05) is 101 Å². The molecular formula is C59H79ClN10O8S. The van der Waals surface area contributed by atoms with Crippen LogP contribution in [0.2, 0.25) is 5.02 Å². The van der Waals surface area contributed by atoms with Crippen molar-refractivity contribution in [3.63, 3.8) is 0 Å². The van der Waals surface area contributed by atoms with Gasteiger partial charge in [-0.05, 0) is 132 Å². The molecular weight excluding hydrogens is 1040 g/mol. The van der Waals surface area contributed by atoms with E-state index in [1.54, 1.807) is 45.2 Å². The number of nitrogens with zero attached hydrogens (tertiary/aromatic N) is 6. The summed E-state index contributed by atoms with van der Waals surface area (Å²) in [6.45, 7) is 22.1. The molecule has 0 unspecified atom stereocenters. The summed E-state index contributed by atoms with van der Waals surface area (Å²) >= 11 is 6.54. The van der Waals surface area contributed by atoms with Gasteiger partial charge in [-0.1, -0.05) is 55.8 Å². The lowest BCUT2D eigenvalue weighted by Crippen LogP contribution is -2.59. The number of aromatic nitrogens is 3. The van der Waals surface area contributed by atoms with Crippen LogP contribution in [0, 0.1) is 6.92 Å². The van der Waals surface area contributed by atoms with Gasteiger partial charge in [-0.3, -0.25) is 24.4 Å². The second-order valence-electron chi connectivity index (χ2n) is 22.2. The summed E-state index contributed by atoms with van der Waals surface area (Å²) in [7, 11) is -1.89. The maximum Gasteiger partial charge on any atom is 0.241 e. The number of ether oxygens (including phenoxy) is 4. The number of sulfone groups is 1. The molecule has 0 saturated carbocycles. The average Bonchev–Trinajstić information content (AvgIpc) is 3.99. The first-order valence-corrected chi connectivity index (χ1v) is 29.5. The Morgan fingerprint density at radius 3 is 2.43 bits per heavy atom. The number of amides is 2. The molecule has 5 aromatic rings. The van der Waals surface area contributed by atoms with Crippen LogP contribution in [0.25, 0.3) is 0 Å². The van der Waals surface area contributed by atoms with Gasteiger partial charge in [0, 0.05) is 63.4 Å². The monoisotopic (exact) mass is 1120 g/mol. The molecule has 0 spiro atoms. The normalized spacial score (nSPS) is 17.9. The molecule has 2 aromatic heterocycles. The van der Waals surface area contributed by atoms with Gasteiger partial charge in [0.05, 0.1) is 78.1 Å². The number of hydrogen-bond donors (Lipinski definition) is 4. The molecule has 3 aliphatic heterocycles. The second kappa shape index (κ2) is 26.6. The topological polar surface area (TPSA) is 202 Å². The molecule has 5 heterocycles. The highest BCUT2D eigenvalue weighted by Gasteiger charge is 2.41. The third kappa shape index (κ3) is 15.1. The number of methoxy groups -OCH3 is 1. The van der Waals surface area contributed by atoms with Crippen molar-refractivity contribution in [3.05, 3.63) is 112 Å². The smallest absolute Gasteiger partial charge is 0.241 e. The number of rotatable bonds is 24. The Morgan fingerprint density at radius 1 is 0.911 bits per heavy atom. The van der Waals surface area contributed by atoms with Crippen LogP contribution in [0.5, 0.6) is 11.5 Å². The molecule has 0 bridgehead atoms. The van der Waals surface area contributed by atoms with Crippen molar-refractivity contribution in [2.24, 2.45) is 0 Å². The van der Waals surface area contributed by atoms with Gasteiger partial charge in [0.1, 0.15) is 23.1 Å². The Kier molecular flexibility index (Phi) is 19.9. The summed E-state index contributed by atoms with van der Waals surface area (Å²) in [6.07, 6.45) is 5.63. The SMILES string of the molecule is COC[C@H]1CN[C@H](C)CN1CC(=O)N1CC(C)(C)c2ncc(Cc3ccccc3OCCOCCNC(=O)CN3CCC(c4cc(OC(C)C)c(Nc5ncc(Cl)c(Nc6ccccc6S(=O)(=O)C(C)C)n5)cc4C)CC3)cc21. The van der Waals surface area contributed by atoms with E-state index in [9.17, 15) is 18.0 Å². The maximum atomic E-state index is 14.0. The molecule has 2 amide bonds. The fourth-order valence-electron chi connectivity index (χ4n) is 10.6. The zero-order valence-corrected chi connectivity index (χ0v) is 48.8. The predicted molar refractivity (Wildman–Crippen MR) is 311 cm³/mol. The van der Waals surface area contributed by atoms with E-state index < -0.39 is 15.1 Å². The van der Waals surface area contributed by atoms with E-state index in [-0.39, 0.29) is 57.0 Å². The molecule has 0 aliphatic carbocycles. The van der Waals surface area contributed by atoms with Crippen LogP contribution in [0.4, 0.5) is 28.8 Å². The van der Waals surface area contributed by atoms with E-state index in [4.69, 9.17) is 35.5 Å². The fraction of sp³-hybridized carbons (Fsp3) is 0.508. The highest BCUT2D eigenvalue weighted by Crippen LogP contribution is 2.41. The van der Waals surface area contributed by atoms with E-state index in [1.807, 2.05) is 49.2 Å². The minimum absolute atomic E-state index is 0.0407. The average molecular weight is 1120 g/mol. The number of halogens is 1. The minimum atomic E-state index is -3.59. The fourth-order valence-corrected chi connectivity index (χ4v) is 12.0.